The van der Waals surface area contributed by atoms with E-state index in [1.165, 1.54) is 5.56 Å². The highest BCUT2D eigenvalue weighted by molar-refractivity contribution is 6.08. The van der Waals surface area contributed by atoms with Crippen LogP contribution in [0.4, 0.5) is 0 Å². The molecular weight excluding hydrogens is 452 g/mol. The van der Waals surface area contributed by atoms with E-state index in [9.17, 15) is 5.26 Å². The van der Waals surface area contributed by atoms with Crippen LogP contribution in [0.5, 0.6) is 5.75 Å². The molecular formula is C30H28N2O4. The number of aryl methyl sites for hydroxylation is 1. The van der Waals surface area contributed by atoms with Crippen LogP contribution >= 0.6 is 0 Å². The van der Waals surface area contributed by atoms with Crippen LogP contribution in [-0.2, 0) is 20.6 Å². The van der Waals surface area contributed by atoms with E-state index in [1.54, 1.807) is 0 Å². The lowest BCUT2D eigenvalue weighted by Gasteiger charge is -2.39. The van der Waals surface area contributed by atoms with Gasteiger partial charge in [-0.2, -0.15) is 5.26 Å². The van der Waals surface area contributed by atoms with Crippen molar-refractivity contribution in [1.29, 1.82) is 5.26 Å². The molecule has 6 heteroatoms. The summed E-state index contributed by atoms with van der Waals surface area (Å²) in [6.07, 6.45) is 1.77. The number of hydrogen-bond donors (Lipinski definition) is 0. The Morgan fingerprint density at radius 3 is 2.67 bits per heavy atom. The molecule has 3 aromatic carbocycles. The molecule has 1 saturated heterocycles. The van der Waals surface area contributed by atoms with E-state index in [0.29, 0.717) is 12.2 Å². The number of nitrogens with zero attached hydrogens (tertiary/aromatic N) is 2. The van der Waals surface area contributed by atoms with Crippen LogP contribution in [0.25, 0.3) is 32.8 Å². The summed E-state index contributed by atoms with van der Waals surface area (Å²) in [5, 5.41) is 12.6. The Labute approximate surface area is 210 Å². The molecule has 6 rings (SSSR count). The summed E-state index contributed by atoms with van der Waals surface area (Å²) in [7, 11) is 0. The Hall–Kier alpha value is -3.50. The number of rotatable bonds is 4. The van der Waals surface area contributed by atoms with Gasteiger partial charge in [0.2, 0.25) is 0 Å². The van der Waals surface area contributed by atoms with Crippen molar-refractivity contribution in [1.82, 2.24) is 4.98 Å². The van der Waals surface area contributed by atoms with Gasteiger partial charge in [0, 0.05) is 23.6 Å². The largest absolute Gasteiger partial charge is 0.493 e. The second kappa shape index (κ2) is 8.56. The fraction of sp³-hybridized carbons (Fsp3) is 0.333. The summed E-state index contributed by atoms with van der Waals surface area (Å²) in [4.78, 5) is 4.85. The van der Waals surface area contributed by atoms with Crippen LogP contribution in [0, 0.1) is 18.3 Å². The van der Waals surface area contributed by atoms with Gasteiger partial charge in [0.05, 0.1) is 29.4 Å². The van der Waals surface area contributed by atoms with E-state index in [1.807, 2.05) is 51.2 Å². The maximum Gasteiger partial charge on any atom is 0.193 e. The molecule has 1 unspecified atom stereocenters. The van der Waals surface area contributed by atoms with E-state index < -0.39 is 18.0 Å². The van der Waals surface area contributed by atoms with Gasteiger partial charge in [0.15, 0.2) is 13.1 Å². The van der Waals surface area contributed by atoms with E-state index in [2.05, 4.69) is 31.2 Å². The lowest BCUT2D eigenvalue weighted by Crippen LogP contribution is -2.41. The first-order valence-corrected chi connectivity index (χ1v) is 12.3. The number of fused-ring (bicyclic) bond motifs is 1. The van der Waals surface area contributed by atoms with Gasteiger partial charge in [0.25, 0.3) is 0 Å². The number of hydrogen-bond acceptors (Lipinski definition) is 6. The van der Waals surface area contributed by atoms with Crippen molar-refractivity contribution in [2.45, 2.75) is 52.1 Å². The average Bonchev–Trinajstić information content (AvgIpc) is 2.81. The zero-order chi connectivity index (χ0) is 25.0. The summed E-state index contributed by atoms with van der Waals surface area (Å²) < 4.78 is 24.2. The summed E-state index contributed by atoms with van der Waals surface area (Å²) in [6.45, 7) is 9.11. The topological polar surface area (TPSA) is 73.6 Å². The molecule has 2 aliphatic rings. The zero-order valence-corrected chi connectivity index (χ0v) is 20.9. The highest BCUT2D eigenvalue weighted by atomic mass is 16.9. The first kappa shape index (κ1) is 22.9. The third kappa shape index (κ3) is 3.81. The normalized spacial score (nSPS) is 16.4. The van der Waals surface area contributed by atoms with Crippen molar-refractivity contribution < 1.29 is 18.9 Å². The van der Waals surface area contributed by atoms with Crippen LogP contribution in [0.3, 0.4) is 0 Å². The lowest BCUT2D eigenvalue weighted by atomic mass is 9.85. The second-order valence-electron chi connectivity index (χ2n) is 10.4. The first-order chi connectivity index (χ1) is 17.3. The fourth-order valence-electron chi connectivity index (χ4n) is 5.35. The van der Waals surface area contributed by atoms with Crippen molar-refractivity contribution in [3.05, 3.63) is 70.9 Å². The summed E-state index contributed by atoms with van der Waals surface area (Å²) >= 11 is 0. The highest BCUT2D eigenvalue weighted by Gasteiger charge is 2.38. The van der Waals surface area contributed by atoms with Crippen LogP contribution in [0.2, 0.25) is 0 Å². The molecule has 0 bridgehead atoms. The lowest BCUT2D eigenvalue weighted by molar-refractivity contribution is -0.363. The van der Waals surface area contributed by atoms with Gasteiger partial charge in [-0.25, -0.2) is 0 Å². The third-order valence-corrected chi connectivity index (χ3v) is 6.83. The van der Waals surface area contributed by atoms with Crippen LogP contribution < -0.4 is 4.74 Å². The van der Waals surface area contributed by atoms with E-state index in [4.69, 9.17) is 23.9 Å². The predicted molar refractivity (Wildman–Crippen MR) is 138 cm³/mol. The SMILES string of the molecule is Cc1cc2cc(C#N)ccc2c(-c2ccc3c4c(ccnc24)CCO3)c1C(OC(C)(C)C)C1OCO1. The van der Waals surface area contributed by atoms with E-state index in [-0.39, 0.29) is 6.79 Å². The van der Waals surface area contributed by atoms with Gasteiger partial charge in [-0.15, -0.1) is 0 Å². The Morgan fingerprint density at radius 2 is 1.94 bits per heavy atom. The minimum atomic E-state index is -0.506. The van der Waals surface area contributed by atoms with Crippen molar-refractivity contribution in [3.8, 4) is 22.9 Å². The maximum absolute atomic E-state index is 9.54. The Balaban J connectivity index is 1.71. The number of ether oxygens (including phenoxy) is 4. The van der Waals surface area contributed by atoms with Gasteiger partial charge >= 0.3 is 0 Å². The summed E-state index contributed by atoms with van der Waals surface area (Å²) in [6, 6.07) is 16.4. The summed E-state index contributed by atoms with van der Waals surface area (Å²) in [5.41, 5.74) is 6.39. The minimum Gasteiger partial charge on any atom is -0.493 e. The van der Waals surface area contributed by atoms with Crippen molar-refractivity contribution in [2.75, 3.05) is 13.4 Å². The molecule has 0 amide bonds. The van der Waals surface area contributed by atoms with E-state index >= 15 is 0 Å². The molecule has 0 aliphatic carbocycles. The Kier molecular flexibility index (Phi) is 5.45. The minimum absolute atomic E-state index is 0.252. The number of benzene rings is 3. The Morgan fingerprint density at radius 1 is 1.11 bits per heavy atom. The molecule has 1 fully saturated rings. The van der Waals surface area contributed by atoms with Gasteiger partial charge in [0.1, 0.15) is 11.9 Å². The molecule has 0 radical (unpaired) electrons. The van der Waals surface area contributed by atoms with Crippen molar-refractivity contribution >= 4 is 21.7 Å². The van der Waals surface area contributed by atoms with Gasteiger partial charge < -0.3 is 18.9 Å². The quantitative estimate of drug-likeness (QED) is 0.339. The standard InChI is InChI=1S/C30H28N2O4/c1-17-13-20-14-18(15-31)5-6-21(20)26(24(17)28(29-34-16-35-29)36-30(2,3)4)22-7-8-23-25-19(10-12-33-23)9-11-32-27(22)25/h5-9,11,13-14,28-29H,10,12,16H2,1-4H3. The molecule has 2 aliphatic heterocycles. The van der Waals surface area contributed by atoms with Crippen molar-refractivity contribution in [2.24, 2.45) is 0 Å². The van der Waals surface area contributed by atoms with Gasteiger partial charge in [-0.3, -0.25) is 4.98 Å². The fourth-order valence-corrected chi connectivity index (χ4v) is 5.35. The third-order valence-electron chi connectivity index (χ3n) is 6.83. The van der Waals surface area contributed by atoms with Crippen molar-refractivity contribution in [3.63, 3.8) is 0 Å². The molecule has 1 aromatic heterocycles. The number of pyridine rings is 1. The molecule has 36 heavy (non-hydrogen) atoms. The molecule has 0 saturated carbocycles. The zero-order valence-electron chi connectivity index (χ0n) is 20.9. The van der Waals surface area contributed by atoms with Crippen LogP contribution in [-0.4, -0.2) is 30.3 Å². The molecule has 0 N–H and O–H groups in total. The maximum atomic E-state index is 9.54. The Bertz CT molecular complexity index is 1530. The number of nitriles is 1. The van der Waals surface area contributed by atoms with Crippen LogP contribution in [0.1, 0.15) is 49.1 Å². The monoisotopic (exact) mass is 480 g/mol. The number of aromatic nitrogens is 1. The first-order valence-electron chi connectivity index (χ1n) is 12.3. The summed E-state index contributed by atoms with van der Waals surface area (Å²) in [5.74, 6) is 0.863. The second-order valence-corrected chi connectivity index (χ2v) is 10.4. The average molecular weight is 481 g/mol. The molecule has 4 aromatic rings. The van der Waals surface area contributed by atoms with E-state index in [0.717, 1.165) is 56.1 Å². The molecule has 0 spiro atoms. The molecule has 182 valence electrons. The van der Waals surface area contributed by atoms with Gasteiger partial charge in [-0.1, -0.05) is 12.1 Å². The predicted octanol–water partition coefficient (Wildman–Crippen LogP) is 6.36. The highest BCUT2D eigenvalue weighted by Crippen LogP contribution is 2.46. The van der Waals surface area contributed by atoms with Gasteiger partial charge in [-0.05, 0) is 91.1 Å². The smallest absolute Gasteiger partial charge is 0.193 e. The molecule has 1 atom stereocenters. The van der Waals surface area contributed by atoms with Crippen LogP contribution in [0.15, 0.2) is 48.7 Å². The molecule has 6 nitrogen and oxygen atoms in total. The molecule has 3 heterocycles.